The summed E-state index contributed by atoms with van der Waals surface area (Å²) in [6, 6.07) is 7.36. The zero-order valence-corrected chi connectivity index (χ0v) is 16.0. The van der Waals surface area contributed by atoms with Crippen LogP contribution in [0.5, 0.6) is 11.5 Å². The summed E-state index contributed by atoms with van der Waals surface area (Å²) in [5.41, 5.74) is 1.49. The number of nitrogens with one attached hydrogen (secondary N) is 1. The molecule has 0 fully saturated rings. The van der Waals surface area contributed by atoms with Crippen molar-refractivity contribution in [3.8, 4) is 11.5 Å². The lowest BCUT2D eigenvalue weighted by atomic mass is 10.2. The number of benzene rings is 1. The molecule has 142 valence electrons. The molecule has 6 nitrogen and oxygen atoms in total. The van der Waals surface area contributed by atoms with Gasteiger partial charge in [0.2, 0.25) is 0 Å². The van der Waals surface area contributed by atoms with Gasteiger partial charge >= 0.3 is 0 Å². The first-order valence-electron chi connectivity index (χ1n) is 8.93. The van der Waals surface area contributed by atoms with Crippen LogP contribution in [-0.2, 0) is 6.54 Å². The van der Waals surface area contributed by atoms with Crippen LogP contribution in [0.1, 0.15) is 35.5 Å². The van der Waals surface area contributed by atoms with Crippen LogP contribution in [0.3, 0.4) is 0 Å². The third-order valence-corrected chi connectivity index (χ3v) is 4.34. The number of rotatable bonds is 10. The van der Waals surface area contributed by atoms with Gasteiger partial charge in [0.1, 0.15) is 12.4 Å². The van der Waals surface area contributed by atoms with Crippen LogP contribution in [0, 0.1) is 6.92 Å². The smallest absolute Gasteiger partial charge is 0.255 e. The molecule has 0 spiro atoms. The molecule has 0 aliphatic rings. The van der Waals surface area contributed by atoms with Crippen molar-refractivity contribution < 1.29 is 18.7 Å². The van der Waals surface area contributed by atoms with E-state index >= 15 is 0 Å². The Morgan fingerprint density at radius 3 is 2.58 bits per heavy atom. The van der Waals surface area contributed by atoms with Crippen molar-refractivity contribution in [3.05, 3.63) is 47.4 Å². The molecule has 2 aromatic rings. The van der Waals surface area contributed by atoms with Gasteiger partial charge in [0.25, 0.3) is 5.91 Å². The van der Waals surface area contributed by atoms with Crippen molar-refractivity contribution >= 4 is 5.91 Å². The lowest BCUT2D eigenvalue weighted by Crippen LogP contribution is -2.28. The van der Waals surface area contributed by atoms with E-state index in [1.165, 1.54) is 6.26 Å². The largest absolute Gasteiger partial charge is 0.493 e. The van der Waals surface area contributed by atoms with E-state index < -0.39 is 0 Å². The summed E-state index contributed by atoms with van der Waals surface area (Å²) in [7, 11) is 1.61. The van der Waals surface area contributed by atoms with Crippen LogP contribution in [-0.4, -0.2) is 44.2 Å². The molecule has 0 saturated carbocycles. The number of furan rings is 1. The number of aryl methyl sites for hydroxylation is 1. The van der Waals surface area contributed by atoms with Gasteiger partial charge in [-0.2, -0.15) is 0 Å². The number of carbonyl (C=O) groups is 1. The first kappa shape index (κ1) is 19.8. The summed E-state index contributed by atoms with van der Waals surface area (Å²) in [6.07, 6.45) is 1.51. The first-order chi connectivity index (χ1) is 12.6. The lowest BCUT2D eigenvalue weighted by molar-refractivity contribution is 0.0949. The van der Waals surface area contributed by atoms with Gasteiger partial charge in [0.15, 0.2) is 11.5 Å². The van der Waals surface area contributed by atoms with Crippen LogP contribution in [0.15, 0.2) is 34.9 Å². The average molecular weight is 360 g/mol. The fourth-order valence-corrected chi connectivity index (χ4v) is 2.66. The van der Waals surface area contributed by atoms with E-state index in [9.17, 15) is 4.79 Å². The van der Waals surface area contributed by atoms with Crippen molar-refractivity contribution in [1.82, 2.24) is 10.2 Å². The van der Waals surface area contributed by atoms with Crippen molar-refractivity contribution in [3.63, 3.8) is 0 Å². The number of amides is 1. The fraction of sp³-hybridized carbons (Fsp3) is 0.450. The molecule has 2 rings (SSSR count). The van der Waals surface area contributed by atoms with E-state index in [0.717, 1.165) is 25.2 Å². The van der Waals surface area contributed by atoms with E-state index in [1.54, 1.807) is 20.1 Å². The molecule has 0 saturated heterocycles. The van der Waals surface area contributed by atoms with Crippen molar-refractivity contribution in [1.29, 1.82) is 0 Å². The predicted molar refractivity (Wildman–Crippen MR) is 101 cm³/mol. The lowest BCUT2D eigenvalue weighted by Gasteiger charge is -2.19. The minimum absolute atomic E-state index is 0.158. The molecule has 0 aliphatic carbocycles. The van der Waals surface area contributed by atoms with Crippen LogP contribution >= 0.6 is 0 Å². The monoisotopic (exact) mass is 360 g/mol. The predicted octanol–water partition coefficient (Wildman–Crippen LogP) is 3.25. The highest BCUT2D eigenvalue weighted by Crippen LogP contribution is 2.28. The SMILES string of the molecule is CCN(CC)CCOc1ccc(CNC(=O)c2ccoc2C)cc1OC. The van der Waals surface area contributed by atoms with E-state index in [4.69, 9.17) is 13.9 Å². The van der Waals surface area contributed by atoms with Gasteiger partial charge in [0.05, 0.1) is 18.9 Å². The minimum atomic E-state index is -0.158. The first-order valence-corrected chi connectivity index (χ1v) is 8.93. The zero-order chi connectivity index (χ0) is 18.9. The second-order valence-electron chi connectivity index (χ2n) is 5.93. The molecule has 0 aliphatic heterocycles. The Hall–Kier alpha value is -2.47. The summed E-state index contributed by atoms with van der Waals surface area (Å²) < 4.78 is 16.4. The summed E-state index contributed by atoms with van der Waals surface area (Å²) in [5, 5.41) is 2.88. The van der Waals surface area contributed by atoms with Gasteiger partial charge in [-0.05, 0) is 43.8 Å². The highest BCUT2D eigenvalue weighted by atomic mass is 16.5. The van der Waals surface area contributed by atoms with Gasteiger partial charge in [-0.1, -0.05) is 19.9 Å². The maximum atomic E-state index is 12.2. The van der Waals surface area contributed by atoms with E-state index in [2.05, 4.69) is 24.1 Å². The molecule has 1 N–H and O–H groups in total. The van der Waals surface area contributed by atoms with Crippen molar-refractivity contribution in [2.24, 2.45) is 0 Å². The molecule has 0 unspecified atom stereocenters. The molecule has 1 heterocycles. The van der Waals surface area contributed by atoms with Gasteiger partial charge in [-0.3, -0.25) is 4.79 Å². The number of methoxy groups -OCH3 is 1. The zero-order valence-electron chi connectivity index (χ0n) is 16.0. The van der Waals surface area contributed by atoms with Crippen LogP contribution < -0.4 is 14.8 Å². The Labute approximate surface area is 155 Å². The summed E-state index contributed by atoms with van der Waals surface area (Å²) in [4.78, 5) is 14.5. The van der Waals surface area contributed by atoms with Crippen LogP contribution in [0.2, 0.25) is 0 Å². The number of hydrogen-bond acceptors (Lipinski definition) is 5. The second-order valence-corrected chi connectivity index (χ2v) is 5.93. The van der Waals surface area contributed by atoms with Crippen LogP contribution in [0.25, 0.3) is 0 Å². The Morgan fingerprint density at radius 1 is 1.19 bits per heavy atom. The topological polar surface area (TPSA) is 63.9 Å². The van der Waals surface area contributed by atoms with Gasteiger partial charge in [0, 0.05) is 13.1 Å². The number of likely N-dealkylation sites (N-methyl/N-ethyl adjacent to an activating group) is 1. The molecule has 1 amide bonds. The van der Waals surface area contributed by atoms with Gasteiger partial charge in [-0.25, -0.2) is 0 Å². The molecule has 6 heteroatoms. The Balaban J connectivity index is 1.93. The third kappa shape index (κ3) is 5.26. The molecular weight excluding hydrogens is 332 g/mol. The van der Waals surface area contributed by atoms with Crippen LogP contribution in [0.4, 0.5) is 0 Å². The second kappa shape index (κ2) is 9.87. The summed E-state index contributed by atoms with van der Waals surface area (Å²) >= 11 is 0. The molecule has 26 heavy (non-hydrogen) atoms. The van der Waals surface area contributed by atoms with E-state index in [0.29, 0.717) is 36.0 Å². The Morgan fingerprint density at radius 2 is 1.96 bits per heavy atom. The standard InChI is InChI=1S/C20H28N2O4/c1-5-22(6-2)10-12-26-18-8-7-16(13-19(18)24-4)14-21-20(23)17-9-11-25-15(17)3/h7-9,11,13H,5-6,10,12,14H2,1-4H3,(H,21,23). The molecule has 0 radical (unpaired) electrons. The molecule has 1 aromatic carbocycles. The van der Waals surface area contributed by atoms with Gasteiger partial charge < -0.3 is 24.1 Å². The number of hydrogen-bond donors (Lipinski definition) is 1. The maximum Gasteiger partial charge on any atom is 0.255 e. The Bertz CT molecular complexity index is 708. The summed E-state index contributed by atoms with van der Waals surface area (Å²) in [6.45, 7) is 9.93. The minimum Gasteiger partial charge on any atom is -0.493 e. The van der Waals surface area contributed by atoms with Crippen molar-refractivity contribution in [2.45, 2.75) is 27.3 Å². The van der Waals surface area contributed by atoms with Crippen molar-refractivity contribution in [2.75, 3.05) is 33.4 Å². The number of ether oxygens (including phenoxy) is 2. The van der Waals surface area contributed by atoms with E-state index in [1.807, 2.05) is 18.2 Å². The quantitative estimate of drug-likeness (QED) is 0.705. The number of carbonyl (C=O) groups excluding carboxylic acids is 1. The normalized spacial score (nSPS) is 10.8. The molecular formula is C20H28N2O4. The summed E-state index contributed by atoms with van der Waals surface area (Å²) in [5.74, 6) is 1.82. The average Bonchev–Trinajstić information content (AvgIpc) is 3.09. The fourth-order valence-electron chi connectivity index (χ4n) is 2.66. The Kier molecular flexibility index (Phi) is 7.53. The van der Waals surface area contributed by atoms with Gasteiger partial charge in [-0.15, -0.1) is 0 Å². The molecule has 0 atom stereocenters. The molecule has 0 bridgehead atoms. The maximum absolute atomic E-state index is 12.2. The highest BCUT2D eigenvalue weighted by molar-refractivity contribution is 5.94. The highest BCUT2D eigenvalue weighted by Gasteiger charge is 2.12. The molecule has 1 aromatic heterocycles. The van der Waals surface area contributed by atoms with E-state index in [-0.39, 0.29) is 5.91 Å². The number of nitrogens with zero attached hydrogens (tertiary/aromatic N) is 1. The third-order valence-electron chi connectivity index (χ3n) is 4.34.